The maximum absolute atomic E-state index is 12.2. The van der Waals surface area contributed by atoms with Gasteiger partial charge in [0.05, 0.1) is 11.2 Å². The fourth-order valence-corrected chi connectivity index (χ4v) is 2.39. The monoisotopic (exact) mass is 306 g/mol. The molecule has 0 fully saturated rings. The summed E-state index contributed by atoms with van der Waals surface area (Å²) < 4.78 is 5.57. The molecular weight excluding hydrogens is 288 g/mol. The molecule has 2 aromatic carbocycles. The van der Waals surface area contributed by atoms with Crippen LogP contribution in [-0.4, -0.2) is 17.5 Å². The first-order valence-corrected chi connectivity index (χ1v) is 7.48. The minimum Gasteiger partial charge on any atom is -0.483 e. The van der Waals surface area contributed by atoms with Crippen LogP contribution in [0.15, 0.2) is 54.6 Å². The summed E-state index contributed by atoms with van der Waals surface area (Å²) in [6.45, 7) is 3.84. The zero-order valence-electron chi connectivity index (χ0n) is 13.2. The number of nitrogens with zero attached hydrogens (tertiary/aromatic N) is 1. The van der Waals surface area contributed by atoms with Crippen molar-refractivity contribution in [3.05, 3.63) is 65.9 Å². The Hall–Kier alpha value is -2.88. The highest BCUT2D eigenvalue weighted by Crippen LogP contribution is 2.22. The summed E-state index contributed by atoms with van der Waals surface area (Å²) in [7, 11) is 0. The Morgan fingerprint density at radius 1 is 1.04 bits per heavy atom. The molecule has 0 spiro atoms. The molecule has 0 aliphatic carbocycles. The van der Waals surface area contributed by atoms with E-state index in [1.807, 2.05) is 68.4 Å². The van der Waals surface area contributed by atoms with Crippen LogP contribution >= 0.6 is 0 Å². The van der Waals surface area contributed by atoms with E-state index in [0.29, 0.717) is 5.69 Å². The van der Waals surface area contributed by atoms with E-state index in [9.17, 15) is 4.79 Å². The molecule has 0 saturated carbocycles. The molecule has 4 heteroatoms. The normalized spacial score (nSPS) is 10.5. The summed E-state index contributed by atoms with van der Waals surface area (Å²) in [5.74, 6) is 0.513. The van der Waals surface area contributed by atoms with Gasteiger partial charge in [-0.05, 0) is 37.6 Å². The highest BCUT2D eigenvalue weighted by Gasteiger charge is 2.08. The highest BCUT2D eigenvalue weighted by atomic mass is 16.5. The van der Waals surface area contributed by atoms with Crippen molar-refractivity contribution in [1.29, 1.82) is 0 Å². The van der Waals surface area contributed by atoms with E-state index in [0.717, 1.165) is 27.9 Å². The number of aryl methyl sites for hydroxylation is 2. The minimum absolute atomic E-state index is 0.0347. The van der Waals surface area contributed by atoms with Crippen molar-refractivity contribution in [2.75, 3.05) is 11.9 Å². The molecule has 0 bridgehead atoms. The van der Waals surface area contributed by atoms with Crippen molar-refractivity contribution in [2.45, 2.75) is 13.8 Å². The van der Waals surface area contributed by atoms with Gasteiger partial charge in [0.1, 0.15) is 5.75 Å². The van der Waals surface area contributed by atoms with E-state index in [1.165, 1.54) is 0 Å². The Morgan fingerprint density at radius 3 is 2.70 bits per heavy atom. The lowest BCUT2D eigenvalue weighted by atomic mass is 10.1. The van der Waals surface area contributed by atoms with Gasteiger partial charge < -0.3 is 10.1 Å². The summed E-state index contributed by atoms with van der Waals surface area (Å²) >= 11 is 0. The minimum atomic E-state index is -0.205. The zero-order chi connectivity index (χ0) is 16.2. The molecule has 1 heterocycles. The molecule has 1 amide bonds. The average molecular weight is 306 g/mol. The van der Waals surface area contributed by atoms with Gasteiger partial charge in [-0.3, -0.25) is 9.78 Å². The van der Waals surface area contributed by atoms with Crippen LogP contribution in [0.2, 0.25) is 0 Å². The number of rotatable bonds is 4. The van der Waals surface area contributed by atoms with Gasteiger partial charge in [0.2, 0.25) is 0 Å². The molecule has 3 rings (SSSR count). The van der Waals surface area contributed by atoms with Gasteiger partial charge in [-0.2, -0.15) is 0 Å². The van der Waals surface area contributed by atoms with Crippen LogP contribution in [0.5, 0.6) is 5.75 Å². The van der Waals surface area contributed by atoms with Gasteiger partial charge in [-0.25, -0.2) is 0 Å². The van der Waals surface area contributed by atoms with Crippen LogP contribution < -0.4 is 10.1 Å². The van der Waals surface area contributed by atoms with Crippen LogP contribution in [0.4, 0.5) is 5.69 Å². The topological polar surface area (TPSA) is 51.2 Å². The van der Waals surface area contributed by atoms with Crippen molar-refractivity contribution in [3.63, 3.8) is 0 Å². The molecule has 0 aliphatic heterocycles. The number of anilines is 1. The van der Waals surface area contributed by atoms with E-state index >= 15 is 0 Å². The van der Waals surface area contributed by atoms with E-state index < -0.39 is 0 Å². The Morgan fingerprint density at radius 2 is 1.87 bits per heavy atom. The van der Waals surface area contributed by atoms with Crippen LogP contribution in [-0.2, 0) is 4.79 Å². The summed E-state index contributed by atoms with van der Waals surface area (Å²) in [6.07, 6.45) is 0. The Bertz CT molecular complexity index is 859. The van der Waals surface area contributed by atoms with Crippen LogP contribution in [0.25, 0.3) is 10.9 Å². The lowest BCUT2D eigenvalue weighted by Crippen LogP contribution is -2.20. The number of benzene rings is 2. The Balaban J connectivity index is 1.73. The fourth-order valence-electron chi connectivity index (χ4n) is 2.39. The van der Waals surface area contributed by atoms with Crippen molar-refractivity contribution >= 4 is 22.5 Å². The summed E-state index contributed by atoms with van der Waals surface area (Å²) in [5, 5.41) is 3.87. The number of nitrogens with one attached hydrogen (secondary N) is 1. The smallest absolute Gasteiger partial charge is 0.262 e. The van der Waals surface area contributed by atoms with Crippen molar-refractivity contribution in [3.8, 4) is 5.75 Å². The molecule has 23 heavy (non-hydrogen) atoms. The average Bonchev–Trinajstić information content (AvgIpc) is 2.55. The lowest BCUT2D eigenvalue weighted by Gasteiger charge is -2.11. The zero-order valence-corrected chi connectivity index (χ0v) is 13.2. The van der Waals surface area contributed by atoms with Gasteiger partial charge >= 0.3 is 0 Å². The number of carbonyl (C=O) groups excluding carboxylic acids is 1. The highest BCUT2D eigenvalue weighted by molar-refractivity contribution is 6.00. The maximum atomic E-state index is 12.2. The summed E-state index contributed by atoms with van der Waals surface area (Å²) in [6, 6.07) is 17.3. The molecule has 3 aromatic rings. The first kappa shape index (κ1) is 15.0. The Labute approximate surface area is 135 Å². The molecule has 0 radical (unpaired) electrons. The number of aromatic nitrogens is 1. The molecule has 0 aliphatic rings. The second-order valence-corrected chi connectivity index (χ2v) is 5.43. The number of pyridine rings is 1. The fraction of sp³-hybridized carbons (Fsp3) is 0.158. The first-order chi connectivity index (χ1) is 11.1. The number of hydrogen-bond donors (Lipinski definition) is 1. The largest absolute Gasteiger partial charge is 0.483 e. The predicted molar refractivity (Wildman–Crippen MR) is 91.8 cm³/mol. The van der Waals surface area contributed by atoms with E-state index in [4.69, 9.17) is 4.74 Å². The Kier molecular flexibility index (Phi) is 4.24. The number of fused-ring (bicyclic) bond motifs is 1. The third-order valence-corrected chi connectivity index (χ3v) is 3.59. The second kappa shape index (κ2) is 6.48. The van der Waals surface area contributed by atoms with Crippen molar-refractivity contribution < 1.29 is 9.53 Å². The van der Waals surface area contributed by atoms with Crippen LogP contribution in [0.1, 0.15) is 11.3 Å². The molecule has 0 atom stereocenters. The number of carbonyl (C=O) groups is 1. The number of ether oxygens (including phenoxy) is 1. The van der Waals surface area contributed by atoms with Gasteiger partial charge in [0.15, 0.2) is 6.61 Å². The number of para-hydroxylation sites is 2. The first-order valence-electron chi connectivity index (χ1n) is 7.48. The van der Waals surface area contributed by atoms with Crippen molar-refractivity contribution in [2.24, 2.45) is 0 Å². The molecule has 1 aromatic heterocycles. The standard InChI is InChI=1S/C19H18N2O2/c1-13-6-3-4-9-17(13)23-12-18(22)21-16-8-5-7-15-11-10-14(2)20-19(15)16/h3-11H,12H2,1-2H3,(H,21,22). The quantitative estimate of drug-likeness (QED) is 0.796. The SMILES string of the molecule is Cc1ccc2cccc(NC(=O)COc3ccccc3C)c2n1. The predicted octanol–water partition coefficient (Wildman–Crippen LogP) is 3.87. The molecule has 0 unspecified atom stereocenters. The molecule has 0 saturated heterocycles. The van der Waals surface area contributed by atoms with Gasteiger partial charge in [-0.15, -0.1) is 0 Å². The third-order valence-electron chi connectivity index (χ3n) is 3.59. The lowest BCUT2D eigenvalue weighted by molar-refractivity contribution is -0.118. The molecule has 4 nitrogen and oxygen atoms in total. The molecule has 116 valence electrons. The van der Waals surface area contributed by atoms with E-state index in [2.05, 4.69) is 10.3 Å². The van der Waals surface area contributed by atoms with Gasteiger partial charge in [-0.1, -0.05) is 36.4 Å². The van der Waals surface area contributed by atoms with Crippen LogP contribution in [0.3, 0.4) is 0 Å². The number of amides is 1. The van der Waals surface area contributed by atoms with Crippen LogP contribution in [0, 0.1) is 13.8 Å². The molecule has 1 N–H and O–H groups in total. The third kappa shape index (κ3) is 3.48. The van der Waals surface area contributed by atoms with Crippen molar-refractivity contribution in [1.82, 2.24) is 4.98 Å². The maximum Gasteiger partial charge on any atom is 0.262 e. The molecular formula is C19H18N2O2. The van der Waals surface area contributed by atoms with E-state index in [-0.39, 0.29) is 12.5 Å². The van der Waals surface area contributed by atoms with E-state index in [1.54, 1.807) is 0 Å². The second-order valence-electron chi connectivity index (χ2n) is 5.43. The van der Waals surface area contributed by atoms with Gasteiger partial charge in [0, 0.05) is 11.1 Å². The van der Waals surface area contributed by atoms with Gasteiger partial charge in [0.25, 0.3) is 5.91 Å². The number of hydrogen-bond acceptors (Lipinski definition) is 3. The summed E-state index contributed by atoms with van der Waals surface area (Å²) in [5.41, 5.74) is 3.40. The summed E-state index contributed by atoms with van der Waals surface area (Å²) in [4.78, 5) is 16.7.